The van der Waals surface area contributed by atoms with Crippen LogP contribution in [0.5, 0.6) is 0 Å². The molecule has 0 saturated carbocycles. The second kappa shape index (κ2) is 10.7. The van der Waals surface area contributed by atoms with Crippen LogP contribution in [0.1, 0.15) is 64.8 Å². The first-order chi connectivity index (χ1) is 18.7. The molecule has 0 bridgehead atoms. The number of hydrogen-bond acceptors (Lipinski definition) is 3. The lowest BCUT2D eigenvalue weighted by atomic mass is 9.96. The Morgan fingerprint density at radius 2 is 1.79 bits per heavy atom. The van der Waals surface area contributed by atoms with Crippen LogP contribution in [0.3, 0.4) is 0 Å². The first-order valence-corrected chi connectivity index (χ1v) is 13.8. The van der Waals surface area contributed by atoms with Crippen molar-refractivity contribution in [1.29, 1.82) is 0 Å². The molecule has 2 unspecified atom stereocenters. The molecular weight excluding hydrogens is 502 g/mol. The van der Waals surface area contributed by atoms with E-state index < -0.39 is 0 Å². The highest BCUT2D eigenvalue weighted by Gasteiger charge is 2.42. The van der Waals surface area contributed by atoms with Crippen LogP contribution < -0.4 is 15.5 Å². The van der Waals surface area contributed by atoms with E-state index >= 15 is 0 Å². The monoisotopic (exact) mass is 537 g/mol. The smallest absolute Gasteiger partial charge is 0.224 e. The van der Waals surface area contributed by atoms with Crippen molar-refractivity contribution in [1.82, 2.24) is 14.9 Å². The number of nitrogens with one attached hydrogen (secondary N) is 2. The number of carbonyl (C=O) groups is 1. The Morgan fingerprint density at radius 1 is 1.00 bits per heavy atom. The second-order valence-electron chi connectivity index (χ2n) is 10.3. The minimum atomic E-state index is -0.133. The third kappa shape index (κ3) is 4.83. The molecule has 2 atom stereocenters. The normalized spacial score (nSPS) is 16.9. The molecule has 5 rings (SSSR count). The Kier molecular flexibility index (Phi) is 7.28. The maximum atomic E-state index is 12.0. The largest absolute Gasteiger partial charge is 0.351 e. The molecule has 2 N–H and O–H groups in total. The summed E-state index contributed by atoms with van der Waals surface area (Å²) in [6, 6.07) is 20.6. The van der Waals surface area contributed by atoms with Crippen LogP contribution >= 0.6 is 12.2 Å². The zero-order valence-electron chi connectivity index (χ0n) is 23.4. The van der Waals surface area contributed by atoms with E-state index in [4.69, 9.17) is 17.2 Å². The number of pyridine rings is 1. The van der Waals surface area contributed by atoms with Gasteiger partial charge in [-0.2, -0.15) is 0 Å². The summed E-state index contributed by atoms with van der Waals surface area (Å²) in [5, 5.41) is 7.22. The van der Waals surface area contributed by atoms with E-state index in [2.05, 4.69) is 84.2 Å². The summed E-state index contributed by atoms with van der Waals surface area (Å²) < 4.78 is 2.35. The average Bonchev–Trinajstić information content (AvgIpc) is 3.42. The summed E-state index contributed by atoms with van der Waals surface area (Å²) in [6.45, 7) is 12.5. The third-order valence-electron chi connectivity index (χ3n) is 7.79. The predicted molar refractivity (Wildman–Crippen MR) is 163 cm³/mol. The lowest BCUT2D eigenvalue weighted by Crippen LogP contribution is -2.29. The van der Waals surface area contributed by atoms with Crippen molar-refractivity contribution >= 4 is 34.6 Å². The van der Waals surface area contributed by atoms with Crippen molar-refractivity contribution < 1.29 is 4.79 Å². The Bertz CT molecular complexity index is 1560. The van der Waals surface area contributed by atoms with Crippen LogP contribution in [0.4, 0.5) is 11.4 Å². The molecule has 1 fully saturated rings. The van der Waals surface area contributed by atoms with Crippen LogP contribution in [-0.2, 0) is 4.79 Å². The van der Waals surface area contributed by atoms with Crippen LogP contribution in [0.25, 0.3) is 5.69 Å². The number of benzene rings is 2. The topological polar surface area (TPSA) is 62.2 Å². The van der Waals surface area contributed by atoms with Gasteiger partial charge in [0.05, 0.1) is 17.8 Å². The van der Waals surface area contributed by atoms with Gasteiger partial charge in [-0.3, -0.25) is 9.78 Å². The molecule has 1 saturated heterocycles. The number of thiocarbonyl (C=S) groups is 1. The van der Waals surface area contributed by atoms with Gasteiger partial charge in [0.2, 0.25) is 5.91 Å². The summed E-state index contributed by atoms with van der Waals surface area (Å²) in [7, 11) is 0. The molecule has 4 aromatic rings. The predicted octanol–water partition coefficient (Wildman–Crippen LogP) is 6.94. The fourth-order valence-electron chi connectivity index (χ4n) is 5.56. The molecule has 1 aliphatic heterocycles. The molecule has 39 heavy (non-hydrogen) atoms. The highest BCUT2D eigenvalue weighted by molar-refractivity contribution is 7.80. The van der Waals surface area contributed by atoms with E-state index in [1.165, 1.54) is 33.8 Å². The summed E-state index contributed by atoms with van der Waals surface area (Å²) in [5.41, 5.74) is 11.0. The molecule has 2 aromatic heterocycles. The highest BCUT2D eigenvalue weighted by Crippen LogP contribution is 2.44. The number of carbonyl (C=O) groups excluding carboxylic acids is 1. The van der Waals surface area contributed by atoms with Gasteiger partial charge in [-0.05, 0) is 112 Å². The minimum Gasteiger partial charge on any atom is -0.351 e. The van der Waals surface area contributed by atoms with E-state index in [1.54, 1.807) is 0 Å². The number of nitrogens with zero attached hydrogens (tertiary/aromatic N) is 3. The number of aromatic nitrogens is 2. The van der Waals surface area contributed by atoms with Crippen molar-refractivity contribution in [2.24, 2.45) is 0 Å². The van der Waals surface area contributed by atoms with E-state index in [9.17, 15) is 4.79 Å². The molecule has 0 spiro atoms. The van der Waals surface area contributed by atoms with Crippen LogP contribution in [0, 0.1) is 34.6 Å². The lowest BCUT2D eigenvalue weighted by molar-refractivity contribution is -0.115. The SMILES string of the molecule is CCC(=O)Nc1ccc(N2C(=S)NC(c3ccccn3)C2c2cc(C)n(-c3cccc(C)c3C)c2C)cc1C. The van der Waals surface area contributed by atoms with E-state index in [1.807, 2.05) is 44.3 Å². The Balaban J connectivity index is 1.65. The van der Waals surface area contributed by atoms with Crippen molar-refractivity contribution in [2.45, 2.75) is 60.0 Å². The molecule has 0 aliphatic carbocycles. The fourth-order valence-corrected chi connectivity index (χ4v) is 5.91. The molecule has 1 amide bonds. The Labute approximate surface area is 236 Å². The molecule has 7 heteroatoms. The van der Waals surface area contributed by atoms with Gasteiger partial charge in [-0.1, -0.05) is 25.1 Å². The van der Waals surface area contributed by atoms with Crippen molar-refractivity contribution in [2.75, 3.05) is 10.2 Å². The molecule has 200 valence electrons. The van der Waals surface area contributed by atoms with Crippen LogP contribution in [-0.4, -0.2) is 20.6 Å². The van der Waals surface area contributed by atoms with Crippen LogP contribution in [0.2, 0.25) is 0 Å². The molecule has 0 radical (unpaired) electrons. The van der Waals surface area contributed by atoms with Crippen LogP contribution in [0.15, 0.2) is 66.9 Å². The summed E-state index contributed by atoms with van der Waals surface area (Å²) in [6.07, 6.45) is 2.26. The first kappa shape index (κ1) is 26.6. The number of hydrogen-bond donors (Lipinski definition) is 2. The van der Waals surface area contributed by atoms with Gasteiger partial charge in [0.25, 0.3) is 0 Å². The van der Waals surface area contributed by atoms with Gasteiger partial charge in [-0.15, -0.1) is 0 Å². The van der Waals surface area contributed by atoms with Crippen molar-refractivity contribution in [3.8, 4) is 5.69 Å². The zero-order chi connectivity index (χ0) is 27.8. The summed E-state index contributed by atoms with van der Waals surface area (Å²) in [5.74, 6) is -0.00353. The maximum absolute atomic E-state index is 12.0. The molecule has 6 nitrogen and oxygen atoms in total. The molecular formula is C32H35N5OS. The van der Waals surface area contributed by atoms with Gasteiger partial charge >= 0.3 is 0 Å². The van der Waals surface area contributed by atoms with E-state index in [0.717, 1.165) is 22.6 Å². The number of anilines is 2. The molecule has 2 aromatic carbocycles. The van der Waals surface area contributed by atoms with Gasteiger partial charge in [0, 0.05) is 41.1 Å². The summed E-state index contributed by atoms with van der Waals surface area (Å²) in [4.78, 5) is 18.9. The quantitative estimate of drug-likeness (QED) is 0.261. The van der Waals surface area contributed by atoms with E-state index in [0.29, 0.717) is 11.5 Å². The number of rotatable bonds is 6. The molecule has 3 heterocycles. The Hall–Kier alpha value is -3.97. The number of amides is 1. The minimum absolute atomic E-state index is 0.00353. The summed E-state index contributed by atoms with van der Waals surface area (Å²) >= 11 is 5.97. The Morgan fingerprint density at radius 3 is 2.49 bits per heavy atom. The highest BCUT2D eigenvalue weighted by atomic mass is 32.1. The van der Waals surface area contributed by atoms with Crippen molar-refractivity contribution in [3.05, 3.63) is 106 Å². The third-order valence-corrected chi connectivity index (χ3v) is 8.10. The van der Waals surface area contributed by atoms with Crippen molar-refractivity contribution in [3.63, 3.8) is 0 Å². The maximum Gasteiger partial charge on any atom is 0.224 e. The lowest BCUT2D eigenvalue weighted by Gasteiger charge is -2.29. The number of aryl methyl sites for hydroxylation is 3. The first-order valence-electron chi connectivity index (χ1n) is 13.4. The van der Waals surface area contributed by atoms with Gasteiger partial charge in [0.1, 0.15) is 0 Å². The van der Waals surface area contributed by atoms with Gasteiger partial charge < -0.3 is 20.1 Å². The van der Waals surface area contributed by atoms with E-state index in [-0.39, 0.29) is 18.0 Å². The van der Waals surface area contributed by atoms with Gasteiger partial charge in [0.15, 0.2) is 5.11 Å². The molecule has 1 aliphatic rings. The fraction of sp³-hybridized carbons (Fsp3) is 0.281. The zero-order valence-corrected chi connectivity index (χ0v) is 24.2. The average molecular weight is 538 g/mol. The van der Waals surface area contributed by atoms with Gasteiger partial charge in [-0.25, -0.2) is 0 Å². The standard InChI is InChI=1S/C32H35N5OS/c1-7-29(38)34-26-15-14-24(17-20(26)3)37-31(30(35-32(37)39)27-12-8-9-16-33-27)25-18-21(4)36(23(25)6)28-13-10-11-19(2)22(28)5/h8-18,30-31H,7H2,1-6H3,(H,34,38)(H,35,39). The second-order valence-corrected chi connectivity index (χ2v) is 10.7.